The third-order valence-corrected chi connectivity index (χ3v) is 6.02. The fourth-order valence-corrected chi connectivity index (χ4v) is 4.68. The standard InChI is InChI=1S/C24H24N4O/c1-17(29)19-7-4-9-22-24(19)20-6-2-3-8-21(20)28(22)18-10-14-27(15-11-18)16-23-25-12-5-13-26-23/h2-9,12-13,18H,10-11,14-16H2,1H3. The molecule has 0 atom stereocenters. The summed E-state index contributed by atoms with van der Waals surface area (Å²) in [5.41, 5.74) is 3.21. The molecule has 0 N–H and O–H groups in total. The predicted octanol–water partition coefficient (Wildman–Crippen LogP) is 4.62. The number of aromatic nitrogens is 3. The Morgan fingerprint density at radius 1 is 0.966 bits per heavy atom. The van der Waals surface area contributed by atoms with Gasteiger partial charge in [-0.2, -0.15) is 0 Å². The van der Waals surface area contributed by atoms with Crippen LogP contribution in [0.1, 0.15) is 42.0 Å². The molecule has 0 saturated carbocycles. The van der Waals surface area contributed by atoms with Crippen LogP contribution in [0, 0.1) is 0 Å². The smallest absolute Gasteiger partial charge is 0.160 e. The highest BCUT2D eigenvalue weighted by atomic mass is 16.1. The molecule has 1 aliphatic heterocycles. The van der Waals surface area contributed by atoms with E-state index < -0.39 is 0 Å². The Morgan fingerprint density at radius 2 is 1.69 bits per heavy atom. The molecule has 1 saturated heterocycles. The molecule has 2 aromatic carbocycles. The van der Waals surface area contributed by atoms with Crippen LogP contribution in [0.3, 0.4) is 0 Å². The van der Waals surface area contributed by atoms with E-state index in [4.69, 9.17) is 0 Å². The zero-order valence-corrected chi connectivity index (χ0v) is 16.6. The second kappa shape index (κ2) is 7.41. The molecule has 0 amide bonds. The van der Waals surface area contributed by atoms with Crippen LogP contribution < -0.4 is 0 Å². The quantitative estimate of drug-likeness (QED) is 0.482. The molecule has 0 aliphatic carbocycles. The monoisotopic (exact) mass is 384 g/mol. The second-order valence-corrected chi connectivity index (χ2v) is 7.82. The van der Waals surface area contributed by atoms with Crippen molar-refractivity contribution in [2.45, 2.75) is 32.4 Å². The third kappa shape index (κ3) is 3.21. The Morgan fingerprint density at radius 3 is 2.45 bits per heavy atom. The minimum Gasteiger partial charge on any atom is -0.337 e. The van der Waals surface area contributed by atoms with E-state index in [9.17, 15) is 4.79 Å². The maximum atomic E-state index is 12.3. The normalized spacial score (nSPS) is 15.9. The summed E-state index contributed by atoms with van der Waals surface area (Å²) < 4.78 is 2.47. The van der Waals surface area contributed by atoms with E-state index in [1.165, 1.54) is 16.4 Å². The Bertz CT molecular complexity index is 1170. The number of rotatable bonds is 4. The van der Waals surface area contributed by atoms with Crippen molar-refractivity contribution >= 4 is 27.6 Å². The van der Waals surface area contributed by atoms with Gasteiger partial charge < -0.3 is 4.57 Å². The molecule has 5 rings (SSSR count). The Kier molecular flexibility index (Phi) is 4.60. The van der Waals surface area contributed by atoms with Crippen molar-refractivity contribution in [2.24, 2.45) is 0 Å². The zero-order valence-electron chi connectivity index (χ0n) is 16.6. The first-order valence-corrected chi connectivity index (χ1v) is 10.2. The van der Waals surface area contributed by atoms with Crippen molar-refractivity contribution in [1.29, 1.82) is 0 Å². The number of hydrogen-bond acceptors (Lipinski definition) is 4. The summed E-state index contributed by atoms with van der Waals surface area (Å²) in [6, 6.07) is 16.9. The number of carbonyl (C=O) groups excluding carboxylic acids is 1. The first kappa shape index (κ1) is 18.0. The molecule has 146 valence electrons. The van der Waals surface area contributed by atoms with Gasteiger partial charge in [-0.15, -0.1) is 0 Å². The van der Waals surface area contributed by atoms with Gasteiger partial charge in [0.1, 0.15) is 5.82 Å². The number of piperidine rings is 1. The molecule has 0 radical (unpaired) electrons. The van der Waals surface area contributed by atoms with E-state index in [2.05, 4.69) is 49.8 Å². The molecule has 0 spiro atoms. The SMILES string of the molecule is CC(=O)c1cccc2c1c1ccccc1n2C1CCN(Cc2ncccn2)CC1. The largest absolute Gasteiger partial charge is 0.337 e. The number of nitrogens with zero attached hydrogens (tertiary/aromatic N) is 4. The molecule has 0 bridgehead atoms. The molecule has 29 heavy (non-hydrogen) atoms. The summed E-state index contributed by atoms with van der Waals surface area (Å²) in [6.45, 7) is 4.49. The molecule has 1 fully saturated rings. The van der Waals surface area contributed by atoms with Crippen molar-refractivity contribution in [3.05, 3.63) is 72.3 Å². The lowest BCUT2D eigenvalue weighted by atomic mass is 10.0. The maximum Gasteiger partial charge on any atom is 0.160 e. The second-order valence-electron chi connectivity index (χ2n) is 7.82. The number of para-hydroxylation sites is 1. The molecule has 2 aromatic heterocycles. The van der Waals surface area contributed by atoms with E-state index in [0.29, 0.717) is 6.04 Å². The number of fused-ring (bicyclic) bond motifs is 3. The summed E-state index contributed by atoms with van der Waals surface area (Å²) in [5.74, 6) is 1.00. The summed E-state index contributed by atoms with van der Waals surface area (Å²) in [7, 11) is 0. The van der Waals surface area contributed by atoms with Gasteiger partial charge in [-0.1, -0.05) is 30.3 Å². The van der Waals surface area contributed by atoms with Gasteiger partial charge in [0.25, 0.3) is 0 Å². The lowest BCUT2D eigenvalue weighted by Gasteiger charge is -2.33. The van der Waals surface area contributed by atoms with Gasteiger partial charge in [0, 0.05) is 53.4 Å². The minimum atomic E-state index is 0.121. The molecular formula is C24H24N4O. The first-order valence-electron chi connectivity index (χ1n) is 10.2. The van der Waals surface area contributed by atoms with Crippen LogP contribution >= 0.6 is 0 Å². The number of hydrogen-bond donors (Lipinski definition) is 0. The number of carbonyl (C=O) groups is 1. The Hall–Kier alpha value is -3.05. The van der Waals surface area contributed by atoms with Crippen LogP contribution in [0.2, 0.25) is 0 Å². The van der Waals surface area contributed by atoms with Gasteiger partial charge >= 0.3 is 0 Å². The Labute approximate surface area is 170 Å². The summed E-state index contributed by atoms with van der Waals surface area (Å²) in [5, 5.41) is 2.27. The lowest BCUT2D eigenvalue weighted by molar-refractivity contribution is 0.101. The highest BCUT2D eigenvalue weighted by Crippen LogP contribution is 2.37. The summed E-state index contributed by atoms with van der Waals surface area (Å²) >= 11 is 0. The van der Waals surface area contributed by atoms with Gasteiger partial charge in [-0.25, -0.2) is 9.97 Å². The zero-order chi connectivity index (χ0) is 19.8. The van der Waals surface area contributed by atoms with Crippen molar-refractivity contribution in [3.8, 4) is 0 Å². The molecule has 4 aromatic rings. The van der Waals surface area contributed by atoms with Gasteiger partial charge in [0.15, 0.2) is 5.78 Å². The van der Waals surface area contributed by atoms with Crippen molar-refractivity contribution in [2.75, 3.05) is 13.1 Å². The molecule has 5 heteroatoms. The third-order valence-electron chi connectivity index (χ3n) is 6.02. The predicted molar refractivity (Wildman–Crippen MR) is 115 cm³/mol. The lowest BCUT2D eigenvalue weighted by Crippen LogP contribution is -2.34. The van der Waals surface area contributed by atoms with Crippen LogP contribution in [-0.4, -0.2) is 38.3 Å². The molecular weight excluding hydrogens is 360 g/mol. The minimum absolute atomic E-state index is 0.121. The number of likely N-dealkylation sites (tertiary alicyclic amines) is 1. The average molecular weight is 384 g/mol. The van der Waals surface area contributed by atoms with Crippen molar-refractivity contribution < 1.29 is 4.79 Å². The van der Waals surface area contributed by atoms with E-state index in [1.54, 1.807) is 19.3 Å². The van der Waals surface area contributed by atoms with Gasteiger partial charge in [-0.3, -0.25) is 9.69 Å². The van der Waals surface area contributed by atoms with Crippen molar-refractivity contribution in [3.63, 3.8) is 0 Å². The average Bonchev–Trinajstić information content (AvgIpc) is 3.09. The van der Waals surface area contributed by atoms with Gasteiger partial charge in [0.2, 0.25) is 0 Å². The van der Waals surface area contributed by atoms with Crippen LogP contribution in [0.15, 0.2) is 60.9 Å². The fourth-order valence-electron chi connectivity index (χ4n) is 4.68. The highest BCUT2D eigenvalue weighted by molar-refractivity contribution is 6.18. The van der Waals surface area contributed by atoms with E-state index in [0.717, 1.165) is 49.2 Å². The number of ketones is 1. The van der Waals surface area contributed by atoms with Gasteiger partial charge in [0.05, 0.1) is 12.1 Å². The first-order chi connectivity index (χ1) is 14.2. The molecule has 5 nitrogen and oxygen atoms in total. The number of benzene rings is 2. The summed E-state index contributed by atoms with van der Waals surface area (Å²) in [6.07, 6.45) is 5.76. The fraction of sp³-hybridized carbons (Fsp3) is 0.292. The van der Waals surface area contributed by atoms with E-state index in [-0.39, 0.29) is 5.78 Å². The van der Waals surface area contributed by atoms with Crippen molar-refractivity contribution in [1.82, 2.24) is 19.4 Å². The van der Waals surface area contributed by atoms with Gasteiger partial charge in [-0.05, 0) is 38.0 Å². The topological polar surface area (TPSA) is 51.0 Å². The van der Waals surface area contributed by atoms with Crippen LogP contribution in [0.25, 0.3) is 21.8 Å². The summed E-state index contributed by atoms with van der Waals surface area (Å²) in [4.78, 5) is 23.4. The van der Waals surface area contributed by atoms with E-state index in [1.807, 2.05) is 18.2 Å². The Balaban J connectivity index is 1.49. The number of Topliss-reactive ketones (excluding diaryl/α,β-unsaturated/α-hetero) is 1. The maximum absolute atomic E-state index is 12.3. The van der Waals surface area contributed by atoms with E-state index >= 15 is 0 Å². The molecule has 1 aliphatic rings. The van der Waals surface area contributed by atoms with Crippen LogP contribution in [0.4, 0.5) is 0 Å². The molecule has 3 heterocycles. The highest BCUT2D eigenvalue weighted by Gasteiger charge is 2.25. The van der Waals surface area contributed by atoms with Crippen LogP contribution in [0.5, 0.6) is 0 Å². The van der Waals surface area contributed by atoms with Crippen LogP contribution in [-0.2, 0) is 6.54 Å². The molecule has 0 unspecified atom stereocenters.